The molecule has 1 aromatic carbocycles. The summed E-state index contributed by atoms with van der Waals surface area (Å²) in [6.45, 7) is 1.40. The third kappa shape index (κ3) is 4.38. The van der Waals surface area contributed by atoms with Crippen molar-refractivity contribution in [3.8, 4) is 0 Å². The van der Waals surface area contributed by atoms with Gasteiger partial charge < -0.3 is 4.90 Å². The summed E-state index contributed by atoms with van der Waals surface area (Å²) < 4.78 is 27.6. The molecule has 1 aliphatic heterocycles. The fourth-order valence-corrected chi connectivity index (χ4v) is 5.34. The first-order chi connectivity index (χ1) is 12.0. The maximum Gasteiger partial charge on any atom is 0.246 e. The van der Waals surface area contributed by atoms with E-state index in [9.17, 15) is 13.2 Å². The van der Waals surface area contributed by atoms with Crippen molar-refractivity contribution in [2.45, 2.75) is 4.90 Å². The predicted octanol–water partition coefficient (Wildman–Crippen LogP) is 3.06. The minimum Gasteiger partial charge on any atom is -0.337 e. The van der Waals surface area contributed by atoms with E-state index in [1.165, 1.54) is 4.31 Å². The van der Waals surface area contributed by atoms with Crippen LogP contribution >= 0.6 is 27.3 Å². The van der Waals surface area contributed by atoms with E-state index in [1.807, 2.05) is 12.1 Å². The normalized spacial score (nSPS) is 16.4. The number of halogens is 1. The molecule has 1 saturated heterocycles. The van der Waals surface area contributed by atoms with Crippen LogP contribution in [0.4, 0.5) is 0 Å². The Hall–Kier alpha value is -1.48. The molecule has 3 rings (SSSR count). The van der Waals surface area contributed by atoms with Crippen LogP contribution < -0.4 is 0 Å². The zero-order chi connectivity index (χ0) is 17.9. The first-order valence-corrected chi connectivity index (χ1v) is 10.8. The van der Waals surface area contributed by atoms with Gasteiger partial charge in [-0.25, -0.2) is 8.42 Å². The fraction of sp³-hybridized carbons (Fsp3) is 0.235. The largest absolute Gasteiger partial charge is 0.337 e. The van der Waals surface area contributed by atoms with Gasteiger partial charge in [-0.2, -0.15) is 4.31 Å². The molecule has 0 aliphatic carbocycles. The average Bonchev–Trinajstić information content (AvgIpc) is 3.06. The molecule has 0 saturated carbocycles. The lowest BCUT2D eigenvalue weighted by atomic mass is 10.3. The number of hydrogen-bond acceptors (Lipinski definition) is 4. The van der Waals surface area contributed by atoms with Crippen LogP contribution in [0.25, 0.3) is 6.08 Å². The van der Waals surface area contributed by atoms with Gasteiger partial charge in [0.1, 0.15) is 0 Å². The highest BCUT2D eigenvalue weighted by atomic mass is 79.9. The Morgan fingerprint density at radius 2 is 1.72 bits per heavy atom. The Labute approximate surface area is 159 Å². The number of carbonyl (C=O) groups is 1. The van der Waals surface area contributed by atoms with E-state index < -0.39 is 10.0 Å². The molecule has 1 aliphatic rings. The minimum atomic E-state index is -3.49. The van der Waals surface area contributed by atoms with E-state index in [0.29, 0.717) is 26.2 Å². The summed E-state index contributed by atoms with van der Waals surface area (Å²) in [5.74, 6) is -0.0960. The van der Waals surface area contributed by atoms with Crippen LogP contribution in [0, 0.1) is 0 Å². The molecule has 5 nitrogen and oxygen atoms in total. The maximum atomic E-state index is 12.6. The molecule has 1 aromatic heterocycles. The maximum absolute atomic E-state index is 12.6. The van der Waals surface area contributed by atoms with E-state index in [-0.39, 0.29) is 10.8 Å². The SMILES string of the molecule is O=C(C=Cc1ccc(Br)s1)N1CCN(S(=O)(=O)c2ccccc2)CC1. The summed E-state index contributed by atoms with van der Waals surface area (Å²) in [5.41, 5.74) is 0. The quantitative estimate of drug-likeness (QED) is 0.686. The number of amides is 1. The second kappa shape index (κ2) is 7.82. The molecule has 25 heavy (non-hydrogen) atoms. The van der Waals surface area contributed by atoms with Crippen LogP contribution in [0.5, 0.6) is 0 Å². The number of hydrogen-bond donors (Lipinski definition) is 0. The predicted molar refractivity (Wildman–Crippen MR) is 103 cm³/mol. The molecule has 2 aromatic rings. The standard InChI is InChI=1S/C17H17BrN2O3S2/c18-16-8-6-14(24-16)7-9-17(21)19-10-12-20(13-11-19)25(22,23)15-4-2-1-3-5-15/h1-9H,10-13H2. The molecular weight excluding hydrogens is 424 g/mol. The Morgan fingerprint density at radius 1 is 1.04 bits per heavy atom. The van der Waals surface area contributed by atoms with Crippen LogP contribution in [-0.2, 0) is 14.8 Å². The Kier molecular flexibility index (Phi) is 5.73. The van der Waals surface area contributed by atoms with E-state index in [4.69, 9.17) is 0 Å². The van der Waals surface area contributed by atoms with Crippen LogP contribution in [0.1, 0.15) is 4.88 Å². The van der Waals surface area contributed by atoms with E-state index in [1.54, 1.807) is 58.7 Å². The molecule has 0 unspecified atom stereocenters. The van der Waals surface area contributed by atoms with Gasteiger partial charge in [0, 0.05) is 37.1 Å². The number of piperazine rings is 1. The van der Waals surface area contributed by atoms with E-state index in [2.05, 4.69) is 15.9 Å². The first-order valence-electron chi connectivity index (χ1n) is 7.74. The molecule has 0 N–H and O–H groups in total. The van der Waals surface area contributed by atoms with Crippen LogP contribution in [-0.4, -0.2) is 49.7 Å². The lowest BCUT2D eigenvalue weighted by Gasteiger charge is -2.33. The van der Waals surface area contributed by atoms with Gasteiger partial charge in [-0.15, -0.1) is 11.3 Å². The molecule has 0 atom stereocenters. The number of rotatable bonds is 4. The average molecular weight is 441 g/mol. The minimum absolute atomic E-state index is 0.0960. The zero-order valence-corrected chi connectivity index (χ0v) is 16.6. The van der Waals surface area contributed by atoms with Crippen LogP contribution in [0.3, 0.4) is 0 Å². The van der Waals surface area contributed by atoms with Crippen molar-refractivity contribution in [2.24, 2.45) is 0 Å². The fourth-order valence-electron chi connectivity index (χ4n) is 2.57. The van der Waals surface area contributed by atoms with Crippen molar-refractivity contribution in [3.63, 3.8) is 0 Å². The lowest BCUT2D eigenvalue weighted by Crippen LogP contribution is -2.50. The highest BCUT2D eigenvalue weighted by molar-refractivity contribution is 9.11. The van der Waals surface area contributed by atoms with Gasteiger partial charge >= 0.3 is 0 Å². The number of sulfonamides is 1. The summed E-state index contributed by atoms with van der Waals surface area (Å²) in [6, 6.07) is 12.3. The zero-order valence-electron chi connectivity index (χ0n) is 13.3. The molecule has 0 bridgehead atoms. The number of carbonyl (C=O) groups excluding carboxylic acids is 1. The summed E-state index contributed by atoms with van der Waals surface area (Å²) in [4.78, 5) is 15.2. The Bertz CT molecular complexity index is 870. The van der Waals surface area contributed by atoms with Crippen molar-refractivity contribution in [1.29, 1.82) is 0 Å². The second-order valence-electron chi connectivity index (χ2n) is 5.52. The van der Waals surface area contributed by atoms with Crippen molar-refractivity contribution in [2.75, 3.05) is 26.2 Å². The molecule has 0 radical (unpaired) electrons. The molecule has 8 heteroatoms. The summed E-state index contributed by atoms with van der Waals surface area (Å²) >= 11 is 4.94. The molecule has 0 spiro atoms. The first kappa shape index (κ1) is 18.3. The lowest BCUT2D eigenvalue weighted by molar-refractivity contribution is -0.127. The van der Waals surface area contributed by atoms with Gasteiger partial charge in [0.2, 0.25) is 15.9 Å². The van der Waals surface area contributed by atoms with E-state index >= 15 is 0 Å². The highest BCUT2D eigenvalue weighted by Crippen LogP contribution is 2.23. The molecule has 2 heterocycles. The van der Waals surface area contributed by atoms with Gasteiger partial charge in [0.15, 0.2) is 0 Å². The highest BCUT2D eigenvalue weighted by Gasteiger charge is 2.29. The van der Waals surface area contributed by atoms with Gasteiger partial charge in [0.05, 0.1) is 8.68 Å². The molecular formula is C17H17BrN2O3S2. The summed E-state index contributed by atoms with van der Waals surface area (Å²) in [7, 11) is -3.49. The van der Waals surface area contributed by atoms with E-state index in [0.717, 1.165) is 8.66 Å². The van der Waals surface area contributed by atoms with Crippen molar-refractivity contribution in [1.82, 2.24) is 9.21 Å². The van der Waals surface area contributed by atoms with Gasteiger partial charge in [-0.3, -0.25) is 4.79 Å². The topological polar surface area (TPSA) is 57.7 Å². The van der Waals surface area contributed by atoms with Gasteiger partial charge in [-0.1, -0.05) is 18.2 Å². The Balaban J connectivity index is 1.60. The third-order valence-corrected chi connectivity index (χ3v) is 7.42. The second-order valence-corrected chi connectivity index (χ2v) is 9.95. The van der Waals surface area contributed by atoms with Crippen molar-refractivity contribution < 1.29 is 13.2 Å². The summed E-state index contributed by atoms with van der Waals surface area (Å²) in [6.07, 6.45) is 3.32. The molecule has 1 amide bonds. The summed E-state index contributed by atoms with van der Waals surface area (Å²) in [5, 5.41) is 0. The van der Waals surface area contributed by atoms with Gasteiger partial charge in [0.25, 0.3) is 0 Å². The van der Waals surface area contributed by atoms with Crippen molar-refractivity contribution in [3.05, 3.63) is 57.2 Å². The van der Waals surface area contributed by atoms with Crippen LogP contribution in [0.2, 0.25) is 0 Å². The van der Waals surface area contributed by atoms with Crippen LogP contribution in [0.15, 0.2) is 57.2 Å². The monoisotopic (exact) mass is 440 g/mol. The van der Waals surface area contributed by atoms with Gasteiger partial charge in [-0.05, 0) is 46.3 Å². The molecule has 132 valence electrons. The number of nitrogens with zero attached hydrogens (tertiary/aromatic N) is 2. The number of thiophene rings is 1. The third-order valence-electron chi connectivity index (χ3n) is 3.92. The number of benzene rings is 1. The molecule has 1 fully saturated rings. The van der Waals surface area contributed by atoms with Crippen molar-refractivity contribution >= 4 is 49.3 Å². The smallest absolute Gasteiger partial charge is 0.246 e. The Morgan fingerprint density at radius 3 is 2.32 bits per heavy atom.